The number of rotatable bonds is 6. The minimum Gasteiger partial charge on any atom is -0.483 e. The zero-order chi connectivity index (χ0) is 16.8. The number of benzene rings is 1. The molecule has 1 aromatic carbocycles. The van der Waals surface area contributed by atoms with Crippen molar-refractivity contribution in [2.24, 2.45) is 0 Å². The lowest BCUT2D eigenvalue weighted by atomic mass is 10.3. The average molecular weight is 343 g/mol. The monoisotopic (exact) mass is 343 g/mol. The number of hydrogen-bond donors (Lipinski definition) is 1. The molecule has 1 N–H and O–H groups in total. The number of ether oxygens (including phenoxy) is 1. The van der Waals surface area contributed by atoms with Gasteiger partial charge in [0, 0.05) is 11.6 Å². The molecule has 3 aromatic rings. The van der Waals surface area contributed by atoms with Crippen molar-refractivity contribution in [1.82, 2.24) is 15.3 Å². The molecule has 0 saturated carbocycles. The van der Waals surface area contributed by atoms with E-state index in [9.17, 15) is 9.18 Å². The molecule has 0 spiro atoms. The molecule has 0 aliphatic heterocycles. The van der Waals surface area contributed by atoms with Crippen LogP contribution >= 0.6 is 11.3 Å². The van der Waals surface area contributed by atoms with Crippen LogP contribution in [0.5, 0.6) is 5.75 Å². The predicted molar refractivity (Wildman–Crippen MR) is 88.3 cm³/mol. The summed E-state index contributed by atoms with van der Waals surface area (Å²) in [4.78, 5) is 20.4. The van der Waals surface area contributed by atoms with Crippen LogP contribution in [-0.2, 0) is 13.2 Å². The fourth-order valence-corrected chi connectivity index (χ4v) is 2.63. The minimum absolute atomic E-state index is 0.110. The molecule has 7 heteroatoms. The summed E-state index contributed by atoms with van der Waals surface area (Å²) in [6, 6.07) is 11.7. The Labute approximate surface area is 142 Å². The molecule has 3 rings (SSSR count). The molecular formula is C17H14FN3O2S. The van der Waals surface area contributed by atoms with Crippen LogP contribution in [0, 0.1) is 5.82 Å². The maximum Gasteiger partial charge on any atom is 0.271 e. The number of amides is 1. The fraction of sp³-hybridized carbons (Fsp3) is 0.118. The van der Waals surface area contributed by atoms with Gasteiger partial charge in [-0.2, -0.15) is 0 Å². The van der Waals surface area contributed by atoms with E-state index in [-0.39, 0.29) is 18.3 Å². The van der Waals surface area contributed by atoms with Crippen molar-refractivity contribution >= 4 is 17.2 Å². The average Bonchev–Trinajstić information content (AvgIpc) is 3.09. The third-order valence-corrected chi connectivity index (χ3v) is 3.95. The Balaban J connectivity index is 1.55. The van der Waals surface area contributed by atoms with Gasteiger partial charge in [-0.15, -0.1) is 11.3 Å². The van der Waals surface area contributed by atoms with E-state index in [2.05, 4.69) is 15.3 Å². The first kappa shape index (κ1) is 16.1. The van der Waals surface area contributed by atoms with Crippen LogP contribution in [0.4, 0.5) is 4.39 Å². The van der Waals surface area contributed by atoms with Gasteiger partial charge >= 0.3 is 0 Å². The van der Waals surface area contributed by atoms with Crippen LogP contribution in [0.1, 0.15) is 21.2 Å². The highest BCUT2D eigenvalue weighted by Gasteiger charge is 2.11. The van der Waals surface area contributed by atoms with E-state index < -0.39 is 5.82 Å². The van der Waals surface area contributed by atoms with Crippen molar-refractivity contribution in [2.45, 2.75) is 13.2 Å². The molecular weight excluding hydrogens is 329 g/mol. The SMILES string of the molecule is O=C(NCc1ccccn1)c1csc(COc2ccccc2F)n1. The Morgan fingerprint density at radius 2 is 2.04 bits per heavy atom. The summed E-state index contributed by atoms with van der Waals surface area (Å²) in [6.45, 7) is 0.442. The van der Waals surface area contributed by atoms with Gasteiger partial charge in [0.15, 0.2) is 11.6 Å². The van der Waals surface area contributed by atoms with Gasteiger partial charge < -0.3 is 10.1 Å². The summed E-state index contributed by atoms with van der Waals surface area (Å²) in [6.07, 6.45) is 1.67. The second kappa shape index (κ2) is 7.65. The summed E-state index contributed by atoms with van der Waals surface area (Å²) in [7, 11) is 0. The van der Waals surface area contributed by atoms with E-state index in [4.69, 9.17) is 4.74 Å². The van der Waals surface area contributed by atoms with Crippen molar-refractivity contribution < 1.29 is 13.9 Å². The molecule has 0 aliphatic rings. The van der Waals surface area contributed by atoms with E-state index >= 15 is 0 Å². The summed E-state index contributed by atoms with van der Waals surface area (Å²) in [5.74, 6) is -0.551. The number of carbonyl (C=O) groups is 1. The van der Waals surface area contributed by atoms with Crippen molar-refractivity contribution in [2.75, 3.05) is 0 Å². The van der Waals surface area contributed by atoms with Crippen LogP contribution in [0.15, 0.2) is 54.0 Å². The zero-order valence-corrected chi connectivity index (χ0v) is 13.4. The zero-order valence-electron chi connectivity index (χ0n) is 12.6. The Bertz CT molecular complexity index is 823. The number of nitrogens with zero attached hydrogens (tertiary/aromatic N) is 2. The molecule has 0 bridgehead atoms. The topological polar surface area (TPSA) is 64.1 Å². The molecule has 122 valence electrons. The number of thiazole rings is 1. The van der Waals surface area contributed by atoms with Crippen molar-refractivity contribution in [1.29, 1.82) is 0 Å². The number of para-hydroxylation sites is 1. The number of nitrogens with one attached hydrogen (secondary N) is 1. The third-order valence-electron chi connectivity index (χ3n) is 3.13. The molecule has 2 heterocycles. The number of pyridine rings is 1. The van der Waals surface area contributed by atoms with E-state index in [1.807, 2.05) is 18.2 Å². The molecule has 5 nitrogen and oxygen atoms in total. The largest absolute Gasteiger partial charge is 0.483 e. The summed E-state index contributed by atoms with van der Waals surface area (Å²) < 4.78 is 18.9. The van der Waals surface area contributed by atoms with Crippen molar-refractivity contribution in [3.8, 4) is 5.75 Å². The van der Waals surface area contributed by atoms with Gasteiger partial charge in [-0.1, -0.05) is 18.2 Å². The lowest BCUT2D eigenvalue weighted by molar-refractivity contribution is 0.0945. The smallest absolute Gasteiger partial charge is 0.271 e. The Morgan fingerprint density at radius 1 is 1.21 bits per heavy atom. The summed E-state index contributed by atoms with van der Waals surface area (Å²) in [5, 5.41) is 5.00. The Hall–Kier alpha value is -2.80. The normalized spacial score (nSPS) is 10.4. The van der Waals surface area contributed by atoms with Crippen molar-refractivity contribution in [3.63, 3.8) is 0 Å². The second-order valence-electron chi connectivity index (χ2n) is 4.85. The Kier molecular flexibility index (Phi) is 5.12. The number of hydrogen-bond acceptors (Lipinski definition) is 5. The molecule has 0 saturated heterocycles. The fourth-order valence-electron chi connectivity index (χ4n) is 1.95. The van der Waals surface area contributed by atoms with Gasteiger partial charge in [0.05, 0.1) is 12.2 Å². The summed E-state index contributed by atoms with van der Waals surface area (Å²) >= 11 is 1.29. The van der Waals surface area contributed by atoms with Crippen LogP contribution in [0.25, 0.3) is 0 Å². The quantitative estimate of drug-likeness (QED) is 0.747. The highest BCUT2D eigenvalue weighted by molar-refractivity contribution is 7.09. The molecule has 0 atom stereocenters. The molecule has 0 radical (unpaired) electrons. The standard InChI is InChI=1S/C17H14FN3O2S/c18-13-6-1-2-7-15(13)23-10-16-21-14(11-24-16)17(22)20-9-12-5-3-4-8-19-12/h1-8,11H,9-10H2,(H,20,22). The van der Waals surface area contributed by atoms with Crippen LogP contribution in [0.2, 0.25) is 0 Å². The molecule has 1 amide bonds. The number of halogens is 1. The highest BCUT2D eigenvalue weighted by atomic mass is 32.1. The molecule has 2 aromatic heterocycles. The first-order chi connectivity index (χ1) is 11.7. The van der Waals surface area contributed by atoms with Crippen molar-refractivity contribution in [3.05, 3.63) is 76.3 Å². The van der Waals surface area contributed by atoms with E-state index in [1.165, 1.54) is 17.4 Å². The van der Waals surface area contributed by atoms with E-state index in [1.54, 1.807) is 29.8 Å². The number of carbonyl (C=O) groups excluding carboxylic acids is 1. The molecule has 0 aliphatic carbocycles. The van der Waals surface area contributed by atoms with Gasteiger partial charge in [-0.25, -0.2) is 9.37 Å². The van der Waals surface area contributed by atoms with Gasteiger partial charge in [-0.05, 0) is 24.3 Å². The van der Waals surface area contributed by atoms with E-state index in [0.717, 1.165) is 5.69 Å². The maximum absolute atomic E-state index is 13.5. The minimum atomic E-state index is -0.428. The number of aromatic nitrogens is 2. The van der Waals surface area contributed by atoms with Gasteiger partial charge in [0.2, 0.25) is 0 Å². The molecule has 24 heavy (non-hydrogen) atoms. The lowest BCUT2D eigenvalue weighted by Gasteiger charge is -2.04. The Morgan fingerprint density at radius 3 is 2.83 bits per heavy atom. The van der Waals surface area contributed by atoms with Gasteiger partial charge in [-0.3, -0.25) is 9.78 Å². The highest BCUT2D eigenvalue weighted by Crippen LogP contribution is 2.18. The second-order valence-corrected chi connectivity index (χ2v) is 5.79. The van der Waals surface area contributed by atoms with Gasteiger partial charge in [0.25, 0.3) is 5.91 Å². The van der Waals surface area contributed by atoms with Crippen LogP contribution in [-0.4, -0.2) is 15.9 Å². The van der Waals surface area contributed by atoms with Crippen LogP contribution in [0.3, 0.4) is 0 Å². The first-order valence-corrected chi connectivity index (χ1v) is 8.10. The molecule has 0 fully saturated rings. The third kappa shape index (κ3) is 4.14. The first-order valence-electron chi connectivity index (χ1n) is 7.22. The van der Waals surface area contributed by atoms with E-state index in [0.29, 0.717) is 17.2 Å². The molecule has 0 unspecified atom stereocenters. The van der Waals surface area contributed by atoms with Crippen LogP contribution < -0.4 is 10.1 Å². The lowest BCUT2D eigenvalue weighted by Crippen LogP contribution is -2.23. The maximum atomic E-state index is 13.5. The predicted octanol–water partition coefficient (Wildman–Crippen LogP) is 3.19. The summed E-state index contributed by atoms with van der Waals surface area (Å²) in [5.41, 5.74) is 1.08. The van der Waals surface area contributed by atoms with Gasteiger partial charge in [0.1, 0.15) is 17.3 Å².